The second-order valence-electron chi connectivity index (χ2n) is 5.20. The van der Waals surface area contributed by atoms with Crippen molar-refractivity contribution in [3.8, 4) is 0 Å². The molecule has 1 aromatic rings. The molecule has 0 aliphatic heterocycles. The van der Waals surface area contributed by atoms with E-state index in [0.717, 1.165) is 0 Å². The van der Waals surface area contributed by atoms with Crippen LogP contribution >= 0.6 is 0 Å². The van der Waals surface area contributed by atoms with Crippen molar-refractivity contribution in [1.29, 1.82) is 0 Å². The number of rotatable bonds is 4. The molecular formula is C13H19NO4S. The number of amides is 1. The quantitative estimate of drug-likeness (QED) is 0.919. The van der Waals surface area contributed by atoms with Crippen LogP contribution in [-0.4, -0.2) is 26.0 Å². The van der Waals surface area contributed by atoms with Crippen molar-refractivity contribution in [3.05, 3.63) is 35.9 Å². The zero-order chi connectivity index (χ0) is 14.5. The third-order valence-corrected chi connectivity index (χ3v) is 3.42. The summed E-state index contributed by atoms with van der Waals surface area (Å²) in [6.07, 6.45) is -0.732. The molecule has 5 nitrogen and oxygen atoms in total. The summed E-state index contributed by atoms with van der Waals surface area (Å²) in [5.74, 6) is -0.541. The molecule has 0 saturated heterocycles. The fourth-order valence-corrected chi connectivity index (χ4v) is 2.50. The normalized spacial score (nSPS) is 11.9. The monoisotopic (exact) mass is 285 g/mol. The Morgan fingerprint density at radius 1 is 1.21 bits per heavy atom. The van der Waals surface area contributed by atoms with E-state index in [1.54, 1.807) is 45.0 Å². The van der Waals surface area contributed by atoms with Gasteiger partial charge in [0.1, 0.15) is 11.5 Å². The van der Waals surface area contributed by atoms with Crippen LogP contribution in [0.25, 0.3) is 0 Å². The number of nitrogens with one attached hydrogen (secondary N) is 1. The second kappa shape index (κ2) is 6.06. The predicted octanol–water partition coefficient (Wildman–Crippen LogP) is 2.08. The van der Waals surface area contributed by atoms with Crippen LogP contribution in [0.2, 0.25) is 0 Å². The molecule has 1 aromatic carbocycles. The summed E-state index contributed by atoms with van der Waals surface area (Å²) in [5, 5.41) is 2.25. The number of hydrogen-bond acceptors (Lipinski definition) is 4. The summed E-state index contributed by atoms with van der Waals surface area (Å²) in [6.45, 7) is 5.14. The molecule has 0 spiro atoms. The summed E-state index contributed by atoms with van der Waals surface area (Å²) in [6, 6.07) is 8.81. The largest absolute Gasteiger partial charge is 0.444 e. The Bertz CT molecular complexity index is 517. The molecule has 0 aromatic heterocycles. The lowest BCUT2D eigenvalue weighted by Crippen LogP contribution is -2.35. The summed E-state index contributed by atoms with van der Waals surface area (Å²) in [4.78, 5) is 11.4. The molecule has 0 unspecified atom stereocenters. The standard InChI is InChI=1S/C13H19NO4S/c1-13(2,3)18-12(15)14-10-19(16,17)9-11-7-5-4-6-8-11/h4-8H,9-10H2,1-3H3,(H,14,15). The highest BCUT2D eigenvalue weighted by Gasteiger charge is 2.18. The minimum Gasteiger partial charge on any atom is -0.444 e. The number of carbonyl (C=O) groups excluding carboxylic acids is 1. The third-order valence-electron chi connectivity index (χ3n) is 2.06. The number of hydrogen-bond donors (Lipinski definition) is 1. The van der Waals surface area contributed by atoms with Gasteiger partial charge >= 0.3 is 6.09 Å². The highest BCUT2D eigenvalue weighted by atomic mass is 32.2. The first-order valence-corrected chi connectivity index (χ1v) is 7.71. The van der Waals surface area contributed by atoms with Crippen LogP contribution in [0.1, 0.15) is 26.3 Å². The molecule has 0 fully saturated rings. The molecule has 19 heavy (non-hydrogen) atoms. The lowest BCUT2D eigenvalue weighted by molar-refractivity contribution is 0.0537. The van der Waals surface area contributed by atoms with Gasteiger partial charge in [-0.25, -0.2) is 13.2 Å². The van der Waals surface area contributed by atoms with E-state index in [0.29, 0.717) is 5.56 Å². The van der Waals surface area contributed by atoms with Gasteiger partial charge < -0.3 is 10.1 Å². The van der Waals surface area contributed by atoms with E-state index in [2.05, 4.69) is 5.32 Å². The van der Waals surface area contributed by atoms with Crippen LogP contribution < -0.4 is 5.32 Å². The van der Waals surface area contributed by atoms with E-state index in [-0.39, 0.29) is 5.75 Å². The maximum Gasteiger partial charge on any atom is 0.408 e. The first-order valence-electron chi connectivity index (χ1n) is 5.89. The van der Waals surface area contributed by atoms with Gasteiger partial charge in [0.2, 0.25) is 0 Å². The lowest BCUT2D eigenvalue weighted by atomic mass is 10.2. The summed E-state index contributed by atoms with van der Waals surface area (Å²) >= 11 is 0. The molecule has 0 atom stereocenters. The van der Waals surface area contributed by atoms with Gasteiger partial charge in [-0.3, -0.25) is 0 Å². The van der Waals surface area contributed by atoms with Crippen LogP contribution in [0.3, 0.4) is 0 Å². The molecule has 0 saturated carbocycles. The van der Waals surface area contributed by atoms with Gasteiger partial charge in [0.05, 0.1) is 5.75 Å². The number of alkyl carbamates (subject to hydrolysis) is 1. The van der Waals surface area contributed by atoms with E-state index < -0.39 is 27.4 Å². The van der Waals surface area contributed by atoms with Crippen LogP contribution in [0, 0.1) is 0 Å². The van der Waals surface area contributed by atoms with Crippen LogP contribution in [0.5, 0.6) is 0 Å². The van der Waals surface area contributed by atoms with Gasteiger partial charge in [-0.2, -0.15) is 0 Å². The smallest absolute Gasteiger partial charge is 0.408 e. The molecule has 0 bridgehead atoms. The summed E-state index contributed by atoms with van der Waals surface area (Å²) < 4.78 is 28.6. The number of sulfone groups is 1. The van der Waals surface area contributed by atoms with Crippen molar-refractivity contribution >= 4 is 15.9 Å². The van der Waals surface area contributed by atoms with Crippen LogP contribution in [0.15, 0.2) is 30.3 Å². The van der Waals surface area contributed by atoms with E-state index in [1.807, 2.05) is 6.07 Å². The van der Waals surface area contributed by atoms with Crippen molar-refractivity contribution in [3.63, 3.8) is 0 Å². The highest BCUT2D eigenvalue weighted by molar-refractivity contribution is 7.90. The van der Waals surface area contributed by atoms with Gasteiger partial charge in [-0.15, -0.1) is 0 Å². The van der Waals surface area contributed by atoms with Crippen molar-refractivity contribution in [2.75, 3.05) is 5.88 Å². The Kier molecular flexibility index (Phi) is 4.94. The fraction of sp³-hybridized carbons (Fsp3) is 0.462. The third kappa shape index (κ3) is 6.81. The van der Waals surface area contributed by atoms with Crippen molar-refractivity contribution in [1.82, 2.24) is 5.32 Å². The maximum absolute atomic E-state index is 11.8. The number of benzene rings is 1. The lowest BCUT2D eigenvalue weighted by Gasteiger charge is -2.19. The molecule has 0 radical (unpaired) electrons. The van der Waals surface area contributed by atoms with Crippen LogP contribution in [-0.2, 0) is 20.3 Å². The first kappa shape index (κ1) is 15.5. The average Bonchev–Trinajstić information content (AvgIpc) is 2.25. The average molecular weight is 285 g/mol. The zero-order valence-electron chi connectivity index (χ0n) is 11.3. The van der Waals surface area contributed by atoms with Gasteiger partial charge in [-0.05, 0) is 26.3 Å². The molecule has 0 heterocycles. The van der Waals surface area contributed by atoms with E-state index in [4.69, 9.17) is 4.74 Å². The number of carbonyl (C=O) groups is 1. The Morgan fingerprint density at radius 2 is 1.79 bits per heavy atom. The Balaban J connectivity index is 2.50. The van der Waals surface area contributed by atoms with Gasteiger partial charge in [0.15, 0.2) is 9.84 Å². The molecule has 1 rings (SSSR count). The van der Waals surface area contributed by atoms with Crippen LogP contribution in [0.4, 0.5) is 4.79 Å². The molecular weight excluding hydrogens is 266 g/mol. The topological polar surface area (TPSA) is 72.5 Å². The minimum absolute atomic E-state index is 0.108. The highest BCUT2D eigenvalue weighted by Crippen LogP contribution is 2.08. The van der Waals surface area contributed by atoms with E-state index in [1.165, 1.54) is 0 Å². The van der Waals surface area contributed by atoms with Crippen molar-refractivity contribution in [2.45, 2.75) is 32.1 Å². The zero-order valence-corrected chi connectivity index (χ0v) is 12.2. The molecule has 6 heteroatoms. The molecule has 0 aliphatic carbocycles. The Hall–Kier alpha value is -1.56. The van der Waals surface area contributed by atoms with Crippen molar-refractivity contribution in [2.24, 2.45) is 0 Å². The Labute approximate surface area is 113 Å². The number of ether oxygens (including phenoxy) is 1. The van der Waals surface area contributed by atoms with Gasteiger partial charge in [0.25, 0.3) is 0 Å². The SMILES string of the molecule is CC(C)(C)OC(=O)NCS(=O)(=O)Cc1ccccc1. The van der Waals surface area contributed by atoms with Crippen molar-refractivity contribution < 1.29 is 17.9 Å². The maximum atomic E-state index is 11.8. The predicted molar refractivity (Wildman–Crippen MR) is 73.3 cm³/mol. The van der Waals surface area contributed by atoms with E-state index in [9.17, 15) is 13.2 Å². The summed E-state index contributed by atoms with van der Waals surface area (Å²) in [7, 11) is -3.40. The van der Waals surface area contributed by atoms with Gasteiger partial charge in [0, 0.05) is 0 Å². The minimum atomic E-state index is -3.40. The second-order valence-corrected chi connectivity index (χ2v) is 7.26. The summed E-state index contributed by atoms with van der Waals surface area (Å²) in [5.41, 5.74) is 0.0429. The van der Waals surface area contributed by atoms with Gasteiger partial charge in [-0.1, -0.05) is 30.3 Å². The van der Waals surface area contributed by atoms with E-state index >= 15 is 0 Å². The fourth-order valence-electron chi connectivity index (χ4n) is 1.36. The molecule has 106 valence electrons. The molecule has 0 aliphatic rings. The Morgan fingerprint density at radius 3 is 2.32 bits per heavy atom. The first-order chi connectivity index (χ1) is 8.68. The molecule has 1 amide bonds. The molecule has 1 N–H and O–H groups in total.